The van der Waals surface area contributed by atoms with Crippen molar-refractivity contribution in [3.05, 3.63) is 11.6 Å². The number of likely N-dealkylation sites (tertiary alicyclic amines) is 1. The third-order valence-electron chi connectivity index (χ3n) is 4.83. The highest BCUT2D eigenvalue weighted by Crippen LogP contribution is 2.26. The molecule has 1 aliphatic carbocycles. The predicted octanol–water partition coefficient (Wildman–Crippen LogP) is 4.16. The number of hydrogen-bond acceptors (Lipinski definition) is 1. The third kappa shape index (κ3) is 4.36. The number of allylic oxidation sites excluding steroid dienone is 1. The van der Waals surface area contributed by atoms with Crippen LogP contribution >= 0.6 is 0 Å². The molecule has 0 aromatic carbocycles. The lowest BCUT2D eigenvalue weighted by atomic mass is 9.89. The van der Waals surface area contributed by atoms with Crippen LogP contribution in [-0.4, -0.2) is 23.9 Å². The number of hydrogen-bond donors (Lipinski definition) is 0. The van der Waals surface area contributed by atoms with Gasteiger partial charge in [0.1, 0.15) is 0 Å². The van der Waals surface area contributed by atoms with E-state index in [0.29, 0.717) is 12.3 Å². The zero-order chi connectivity index (χ0) is 13.7. The summed E-state index contributed by atoms with van der Waals surface area (Å²) in [6.07, 6.45) is 11.6. The molecular formula is C17H29NO. The average Bonchev–Trinajstić information content (AvgIpc) is 2.65. The highest BCUT2D eigenvalue weighted by Gasteiger charge is 2.22. The molecule has 0 bridgehead atoms. The maximum Gasteiger partial charge on any atom is 0.226 e. The van der Waals surface area contributed by atoms with Crippen LogP contribution in [0.2, 0.25) is 0 Å². The molecule has 2 heteroatoms. The van der Waals surface area contributed by atoms with Crippen molar-refractivity contribution in [2.45, 2.75) is 65.2 Å². The first-order chi connectivity index (χ1) is 9.16. The van der Waals surface area contributed by atoms with Crippen LogP contribution in [0.4, 0.5) is 0 Å². The average molecular weight is 263 g/mol. The van der Waals surface area contributed by atoms with Gasteiger partial charge in [0.2, 0.25) is 5.91 Å². The van der Waals surface area contributed by atoms with Crippen LogP contribution in [0.15, 0.2) is 11.6 Å². The van der Waals surface area contributed by atoms with Crippen molar-refractivity contribution in [3.63, 3.8) is 0 Å². The van der Waals surface area contributed by atoms with Gasteiger partial charge < -0.3 is 4.90 Å². The van der Waals surface area contributed by atoms with Crippen molar-refractivity contribution in [2.24, 2.45) is 11.8 Å². The Balaban J connectivity index is 1.84. The van der Waals surface area contributed by atoms with E-state index < -0.39 is 0 Å². The summed E-state index contributed by atoms with van der Waals surface area (Å²) in [5.74, 6) is 1.94. The standard InChI is InChI=1S/C17H29NO/c1-14(2)16-9-6-11-18(12-10-16)17(19)13-15-7-4-3-5-8-15/h7,14,16H,3-6,8-13H2,1-2H3/t16-/m0/s1. The summed E-state index contributed by atoms with van der Waals surface area (Å²) in [5, 5.41) is 0. The van der Waals surface area contributed by atoms with Gasteiger partial charge >= 0.3 is 0 Å². The Kier molecular flexibility index (Phi) is 5.47. The Hall–Kier alpha value is -0.790. The molecule has 0 saturated carbocycles. The molecular weight excluding hydrogens is 234 g/mol. The van der Waals surface area contributed by atoms with E-state index >= 15 is 0 Å². The molecule has 1 amide bonds. The van der Waals surface area contributed by atoms with Crippen LogP contribution in [0.5, 0.6) is 0 Å². The Morgan fingerprint density at radius 2 is 2.11 bits per heavy atom. The Labute approximate surface area is 118 Å². The first-order valence-corrected chi connectivity index (χ1v) is 8.12. The van der Waals surface area contributed by atoms with Gasteiger partial charge in [-0.2, -0.15) is 0 Å². The van der Waals surface area contributed by atoms with Gasteiger partial charge in [0, 0.05) is 19.5 Å². The summed E-state index contributed by atoms with van der Waals surface area (Å²) in [6, 6.07) is 0. The second kappa shape index (κ2) is 7.12. The van der Waals surface area contributed by atoms with Crippen molar-refractivity contribution >= 4 is 5.91 Å². The highest BCUT2D eigenvalue weighted by molar-refractivity contribution is 5.78. The molecule has 19 heavy (non-hydrogen) atoms. The third-order valence-corrected chi connectivity index (χ3v) is 4.83. The smallest absolute Gasteiger partial charge is 0.226 e. The molecule has 108 valence electrons. The molecule has 0 aromatic heterocycles. The molecule has 1 saturated heterocycles. The van der Waals surface area contributed by atoms with Gasteiger partial charge in [-0.25, -0.2) is 0 Å². The van der Waals surface area contributed by atoms with Crippen LogP contribution in [0.3, 0.4) is 0 Å². The van der Waals surface area contributed by atoms with E-state index in [0.717, 1.165) is 31.3 Å². The van der Waals surface area contributed by atoms with Crippen molar-refractivity contribution in [1.29, 1.82) is 0 Å². The summed E-state index contributed by atoms with van der Waals surface area (Å²) in [5.41, 5.74) is 1.39. The lowest BCUT2D eigenvalue weighted by Crippen LogP contribution is -2.32. The summed E-state index contributed by atoms with van der Waals surface area (Å²) < 4.78 is 0. The van der Waals surface area contributed by atoms with Gasteiger partial charge in [-0.15, -0.1) is 0 Å². The first kappa shape index (κ1) is 14.6. The molecule has 1 atom stereocenters. The molecule has 1 fully saturated rings. The largest absolute Gasteiger partial charge is 0.342 e. The van der Waals surface area contributed by atoms with Crippen molar-refractivity contribution in [3.8, 4) is 0 Å². The van der Waals surface area contributed by atoms with E-state index in [-0.39, 0.29) is 0 Å². The molecule has 1 aliphatic heterocycles. The van der Waals surface area contributed by atoms with Crippen LogP contribution in [0.25, 0.3) is 0 Å². The van der Waals surface area contributed by atoms with Crippen LogP contribution in [-0.2, 0) is 4.79 Å². The molecule has 0 unspecified atom stereocenters. The van der Waals surface area contributed by atoms with Crippen molar-refractivity contribution in [2.75, 3.05) is 13.1 Å². The fourth-order valence-electron chi connectivity index (χ4n) is 3.41. The molecule has 2 nitrogen and oxygen atoms in total. The van der Waals surface area contributed by atoms with Gasteiger partial charge in [-0.1, -0.05) is 25.5 Å². The van der Waals surface area contributed by atoms with E-state index in [2.05, 4.69) is 24.8 Å². The van der Waals surface area contributed by atoms with E-state index in [4.69, 9.17) is 0 Å². The van der Waals surface area contributed by atoms with Crippen LogP contribution in [0.1, 0.15) is 65.2 Å². The van der Waals surface area contributed by atoms with Crippen LogP contribution < -0.4 is 0 Å². The number of amides is 1. The van der Waals surface area contributed by atoms with Gasteiger partial charge in [0.25, 0.3) is 0 Å². The predicted molar refractivity (Wildman–Crippen MR) is 79.9 cm³/mol. The number of nitrogens with zero attached hydrogens (tertiary/aromatic N) is 1. The number of rotatable bonds is 3. The fraction of sp³-hybridized carbons (Fsp3) is 0.824. The topological polar surface area (TPSA) is 20.3 Å². The second-order valence-electron chi connectivity index (χ2n) is 6.60. The summed E-state index contributed by atoms with van der Waals surface area (Å²) in [4.78, 5) is 14.5. The minimum atomic E-state index is 0.373. The number of carbonyl (C=O) groups excluding carboxylic acids is 1. The van der Waals surface area contributed by atoms with E-state index in [1.807, 2.05) is 0 Å². The zero-order valence-corrected chi connectivity index (χ0v) is 12.7. The van der Waals surface area contributed by atoms with E-state index in [9.17, 15) is 4.79 Å². The lowest BCUT2D eigenvalue weighted by Gasteiger charge is -2.23. The molecule has 0 aromatic rings. The Bertz CT molecular complexity index is 332. The molecule has 0 spiro atoms. The van der Waals surface area contributed by atoms with E-state index in [1.165, 1.54) is 44.1 Å². The minimum Gasteiger partial charge on any atom is -0.342 e. The molecule has 0 radical (unpaired) electrons. The first-order valence-electron chi connectivity index (χ1n) is 8.12. The number of carbonyl (C=O) groups is 1. The normalized spacial score (nSPS) is 25.1. The molecule has 1 heterocycles. The maximum atomic E-state index is 12.4. The minimum absolute atomic E-state index is 0.373. The van der Waals surface area contributed by atoms with Crippen LogP contribution in [0, 0.1) is 11.8 Å². The van der Waals surface area contributed by atoms with E-state index in [1.54, 1.807) is 0 Å². The highest BCUT2D eigenvalue weighted by atomic mass is 16.2. The SMILES string of the molecule is CC(C)[C@H]1CCCN(C(=O)CC2=CCCCC2)CC1. The van der Waals surface area contributed by atoms with Gasteiger partial charge in [-0.05, 0) is 56.8 Å². The van der Waals surface area contributed by atoms with Gasteiger partial charge in [0.05, 0.1) is 0 Å². The quantitative estimate of drug-likeness (QED) is 0.700. The Morgan fingerprint density at radius 3 is 2.79 bits per heavy atom. The second-order valence-corrected chi connectivity index (χ2v) is 6.60. The Morgan fingerprint density at radius 1 is 1.26 bits per heavy atom. The van der Waals surface area contributed by atoms with Crippen molar-refractivity contribution in [1.82, 2.24) is 4.90 Å². The molecule has 2 aliphatic rings. The van der Waals surface area contributed by atoms with Gasteiger partial charge in [0.15, 0.2) is 0 Å². The van der Waals surface area contributed by atoms with Crippen molar-refractivity contribution < 1.29 is 4.79 Å². The summed E-state index contributed by atoms with van der Waals surface area (Å²) in [6.45, 7) is 6.59. The summed E-state index contributed by atoms with van der Waals surface area (Å²) >= 11 is 0. The molecule has 2 rings (SSSR count). The summed E-state index contributed by atoms with van der Waals surface area (Å²) in [7, 11) is 0. The zero-order valence-electron chi connectivity index (χ0n) is 12.7. The lowest BCUT2D eigenvalue weighted by molar-refractivity contribution is -0.130. The molecule has 0 N–H and O–H groups in total. The monoisotopic (exact) mass is 263 g/mol. The fourth-order valence-corrected chi connectivity index (χ4v) is 3.41. The van der Waals surface area contributed by atoms with Gasteiger partial charge in [-0.3, -0.25) is 4.79 Å². The maximum absolute atomic E-state index is 12.4.